The Balaban J connectivity index is 2.23. The third-order valence-corrected chi connectivity index (χ3v) is 3.34. The number of nitrogens with zero attached hydrogens (tertiary/aromatic N) is 2. The Labute approximate surface area is 125 Å². The maximum Gasteiger partial charge on any atom is 0.161 e. The van der Waals surface area contributed by atoms with E-state index in [4.69, 9.17) is 9.47 Å². The summed E-state index contributed by atoms with van der Waals surface area (Å²) in [5.41, 5.74) is 0. The standard InChI is InChI=1S/C16H23N3O2/c1-19(2)9-5-7-17-16-13-11-15(21-4)14(20-3)10-12(13)6-8-18-16/h6,8,10-11H,5,7,9H2,1-4H3,(H,17,18). The molecule has 1 N–H and O–H groups in total. The molecule has 1 aromatic heterocycles. The first kappa shape index (κ1) is 15.4. The van der Waals surface area contributed by atoms with E-state index >= 15 is 0 Å². The first-order valence-corrected chi connectivity index (χ1v) is 7.05. The van der Waals surface area contributed by atoms with E-state index in [9.17, 15) is 0 Å². The molecule has 0 aliphatic rings. The Morgan fingerprint density at radius 3 is 2.52 bits per heavy atom. The smallest absolute Gasteiger partial charge is 0.161 e. The predicted octanol–water partition coefficient (Wildman–Crippen LogP) is 2.62. The van der Waals surface area contributed by atoms with Crippen molar-refractivity contribution in [1.82, 2.24) is 9.88 Å². The third kappa shape index (κ3) is 3.76. The molecule has 0 amide bonds. The van der Waals surface area contributed by atoms with E-state index in [2.05, 4.69) is 29.3 Å². The van der Waals surface area contributed by atoms with Crippen LogP contribution in [0.15, 0.2) is 24.4 Å². The minimum atomic E-state index is 0.717. The van der Waals surface area contributed by atoms with E-state index in [0.717, 1.165) is 41.9 Å². The van der Waals surface area contributed by atoms with Crippen LogP contribution in [-0.4, -0.2) is 51.3 Å². The molecule has 5 nitrogen and oxygen atoms in total. The summed E-state index contributed by atoms with van der Waals surface area (Å²) in [6, 6.07) is 5.92. The van der Waals surface area contributed by atoms with E-state index in [1.54, 1.807) is 14.2 Å². The van der Waals surface area contributed by atoms with Gasteiger partial charge in [-0.25, -0.2) is 4.98 Å². The molecule has 2 aromatic rings. The fraction of sp³-hybridized carbons (Fsp3) is 0.438. The number of rotatable bonds is 7. The van der Waals surface area contributed by atoms with Gasteiger partial charge in [0, 0.05) is 18.1 Å². The zero-order chi connectivity index (χ0) is 15.2. The molecule has 0 radical (unpaired) electrons. The maximum absolute atomic E-state index is 5.37. The molecule has 0 aliphatic carbocycles. The molecule has 1 heterocycles. The Bertz CT molecular complexity index is 599. The molecule has 0 aliphatic heterocycles. The number of hydrogen-bond acceptors (Lipinski definition) is 5. The van der Waals surface area contributed by atoms with Crippen LogP contribution in [0, 0.1) is 0 Å². The fourth-order valence-corrected chi connectivity index (χ4v) is 2.24. The summed E-state index contributed by atoms with van der Waals surface area (Å²) in [7, 11) is 7.44. The molecule has 21 heavy (non-hydrogen) atoms. The van der Waals surface area contributed by atoms with Crippen molar-refractivity contribution >= 4 is 16.6 Å². The molecule has 1 aromatic carbocycles. The van der Waals surface area contributed by atoms with E-state index in [1.807, 2.05) is 24.4 Å². The first-order chi connectivity index (χ1) is 10.2. The van der Waals surface area contributed by atoms with Gasteiger partial charge in [0.05, 0.1) is 14.2 Å². The molecule has 0 fully saturated rings. The van der Waals surface area contributed by atoms with Crippen LogP contribution in [0.1, 0.15) is 6.42 Å². The van der Waals surface area contributed by atoms with Gasteiger partial charge in [0.25, 0.3) is 0 Å². The second-order valence-electron chi connectivity index (χ2n) is 5.17. The van der Waals surface area contributed by atoms with Crippen LogP contribution in [0.2, 0.25) is 0 Å². The Morgan fingerprint density at radius 2 is 1.86 bits per heavy atom. The van der Waals surface area contributed by atoms with Crippen molar-refractivity contribution in [2.45, 2.75) is 6.42 Å². The van der Waals surface area contributed by atoms with Crippen molar-refractivity contribution in [3.8, 4) is 11.5 Å². The minimum Gasteiger partial charge on any atom is -0.493 e. The highest BCUT2D eigenvalue weighted by Gasteiger charge is 2.09. The lowest BCUT2D eigenvalue weighted by molar-refractivity contribution is 0.356. The monoisotopic (exact) mass is 289 g/mol. The zero-order valence-electron chi connectivity index (χ0n) is 13.1. The predicted molar refractivity (Wildman–Crippen MR) is 86.5 cm³/mol. The van der Waals surface area contributed by atoms with Gasteiger partial charge < -0.3 is 19.7 Å². The highest BCUT2D eigenvalue weighted by atomic mass is 16.5. The lowest BCUT2D eigenvalue weighted by Gasteiger charge is -2.13. The number of hydrogen-bond donors (Lipinski definition) is 1. The SMILES string of the molecule is COc1cc2ccnc(NCCCN(C)C)c2cc1OC. The fourth-order valence-electron chi connectivity index (χ4n) is 2.24. The van der Waals surface area contributed by atoms with Crippen molar-refractivity contribution in [3.05, 3.63) is 24.4 Å². The van der Waals surface area contributed by atoms with Gasteiger partial charge in [-0.05, 0) is 50.6 Å². The van der Waals surface area contributed by atoms with Crippen molar-refractivity contribution in [2.75, 3.05) is 46.7 Å². The topological polar surface area (TPSA) is 46.6 Å². The summed E-state index contributed by atoms with van der Waals surface area (Å²) in [5.74, 6) is 2.33. The van der Waals surface area contributed by atoms with Gasteiger partial charge in [-0.2, -0.15) is 0 Å². The average Bonchev–Trinajstić information content (AvgIpc) is 2.49. The molecular weight excluding hydrogens is 266 g/mol. The summed E-state index contributed by atoms with van der Waals surface area (Å²) in [4.78, 5) is 6.61. The number of anilines is 1. The van der Waals surface area contributed by atoms with Crippen LogP contribution >= 0.6 is 0 Å². The maximum atomic E-state index is 5.37. The van der Waals surface area contributed by atoms with Crippen LogP contribution < -0.4 is 14.8 Å². The zero-order valence-corrected chi connectivity index (χ0v) is 13.1. The van der Waals surface area contributed by atoms with Gasteiger partial charge >= 0.3 is 0 Å². The van der Waals surface area contributed by atoms with Crippen LogP contribution in [0.3, 0.4) is 0 Å². The van der Waals surface area contributed by atoms with Gasteiger partial charge in [-0.3, -0.25) is 0 Å². The largest absolute Gasteiger partial charge is 0.493 e. The molecule has 0 bridgehead atoms. The first-order valence-electron chi connectivity index (χ1n) is 7.05. The number of aromatic nitrogens is 1. The quantitative estimate of drug-likeness (QED) is 0.794. The van der Waals surface area contributed by atoms with Crippen LogP contribution in [-0.2, 0) is 0 Å². The molecule has 0 atom stereocenters. The van der Waals surface area contributed by atoms with Crippen molar-refractivity contribution in [3.63, 3.8) is 0 Å². The summed E-state index contributed by atoms with van der Waals surface area (Å²) in [5, 5.41) is 5.52. The number of pyridine rings is 1. The molecule has 0 spiro atoms. The minimum absolute atomic E-state index is 0.717. The van der Waals surface area contributed by atoms with Crippen LogP contribution in [0.25, 0.3) is 10.8 Å². The van der Waals surface area contributed by atoms with Crippen molar-refractivity contribution in [1.29, 1.82) is 0 Å². The highest BCUT2D eigenvalue weighted by molar-refractivity contribution is 5.94. The molecule has 5 heteroatoms. The Kier molecular flexibility index (Phi) is 5.22. The highest BCUT2D eigenvalue weighted by Crippen LogP contribution is 2.34. The molecular formula is C16H23N3O2. The number of methoxy groups -OCH3 is 2. The summed E-state index contributed by atoms with van der Waals surface area (Å²) in [6.45, 7) is 1.94. The van der Waals surface area contributed by atoms with Gasteiger partial charge in [0.1, 0.15) is 5.82 Å². The van der Waals surface area contributed by atoms with Crippen LogP contribution in [0.5, 0.6) is 11.5 Å². The van der Waals surface area contributed by atoms with Gasteiger partial charge in [0.15, 0.2) is 11.5 Å². The second kappa shape index (κ2) is 7.13. The third-order valence-electron chi connectivity index (χ3n) is 3.34. The molecule has 0 saturated heterocycles. The normalized spacial score (nSPS) is 10.9. The summed E-state index contributed by atoms with van der Waals surface area (Å²) >= 11 is 0. The Morgan fingerprint density at radius 1 is 1.14 bits per heavy atom. The molecule has 114 valence electrons. The number of fused-ring (bicyclic) bond motifs is 1. The van der Waals surface area contributed by atoms with E-state index in [1.165, 1.54) is 0 Å². The molecule has 0 saturated carbocycles. The lowest BCUT2D eigenvalue weighted by Crippen LogP contribution is -2.16. The van der Waals surface area contributed by atoms with Gasteiger partial charge in [-0.1, -0.05) is 0 Å². The van der Waals surface area contributed by atoms with Crippen LogP contribution in [0.4, 0.5) is 5.82 Å². The second-order valence-corrected chi connectivity index (χ2v) is 5.17. The van der Waals surface area contributed by atoms with Gasteiger partial charge in [-0.15, -0.1) is 0 Å². The number of ether oxygens (including phenoxy) is 2. The molecule has 2 rings (SSSR count). The Hall–Kier alpha value is -2.01. The lowest BCUT2D eigenvalue weighted by atomic mass is 10.1. The molecule has 0 unspecified atom stereocenters. The number of nitrogens with one attached hydrogen (secondary N) is 1. The van der Waals surface area contributed by atoms with Gasteiger partial charge in [0.2, 0.25) is 0 Å². The summed E-state index contributed by atoms with van der Waals surface area (Å²) in [6.07, 6.45) is 2.88. The van der Waals surface area contributed by atoms with E-state index in [0.29, 0.717) is 5.75 Å². The summed E-state index contributed by atoms with van der Waals surface area (Å²) < 4.78 is 10.7. The van der Waals surface area contributed by atoms with Crippen molar-refractivity contribution in [2.24, 2.45) is 0 Å². The van der Waals surface area contributed by atoms with Crippen molar-refractivity contribution < 1.29 is 9.47 Å². The van der Waals surface area contributed by atoms with E-state index in [-0.39, 0.29) is 0 Å². The van der Waals surface area contributed by atoms with E-state index < -0.39 is 0 Å². The number of benzene rings is 1. The average molecular weight is 289 g/mol.